The topological polar surface area (TPSA) is 55.4 Å². The second-order valence-electron chi connectivity index (χ2n) is 7.55. The second kappa shape index (κ2) is 8.14. The highest BCUT2D eigenvalue weighted by Gasteiger charge is 2.33. The number of rotatable bonds is 4. The summed E-state index contributed by atoms with van der Waals surface area (Å²) in [6, 6.07) is 7.42. The summed E-state index contributed by atoms with van der Waals surface area (Å²) in [7, 11) is 0. The van der Waals surface area contributed by atoms with Crippen molar-refractivity contribution in [2.75, 3.05) is 32.7 Å². The van der Waals surface area contributed by atoms with E-state index in [1.807, 2.05) is 0 Å². The molecule has 0 aliphatic carbocycles. The molecule has 0 saturated carbocycles. The van der Waals surface area contributed by atoms with Gasteiger partial charge in [0, 0.05) is 5.56 Å². The molecule has 2 aliphatic rings. The predicted octanol–water partition coefficient (Wildman–Crippen LogP) is 1.10. The highest BCUT2D eigenvalue weighted by atomic mass is 35.5. The van der Waals surface area contributed by atoms with E-state index in [4.69, 9.17) is 16.3 Å². The highest BCUT2D eigenvalue weighted by molar-refractivity contribution is 6.32. The zero-order chi connectivity index (χ0) is 20.5. The fourth-order valence-corrected chi connectivity index (χ4v) is 4.20. The van der Waals surface area contributed by atoms with Gasteiger partial charge in [0.1, 0.15) is 44.3 Å². The molecule has 3 N–H and O–H groups in total. The van der Waals surface area contributed by atoms with Crippen molar-refractivity contribution in [3.05, 3.63) is 63.6 Å². The van der Waals surface area contributed by atoms with E-state index >= 15 is 0 Å². The van der Waals surface area contributed by atoms with E-state index in [-0.39, 0.29) is 27.9 Å². The summed E-state index contributed by atoms with van der Waals surface area (Å²) in [4.78, 5) is 15.7. The Balaban J connectivity index is 1.62. The van der Waals surface area contributed by atoms with Gasteiger partial charge in [-0.2, -0.15) is 0 Å². The lowest BCUT2D eigenvalue weighted by atomic mass is 10.0. The van der Waals surface area contributed by atoms with Gasteiger partial charge in [0.05, 0.1) is 22.7 Å². The molecule has 0 aromatic heterocycles. The summed E-state index contributed by atoms with van der Waals surface area (Å²) in [5, 5.41) is 10.6. The third-order valence-corrected chi connectivity index (χ3v) is 6.11. The third-order valence-electron chi connectivity index (χ3n) is 5.78. The first-order chi connectivity index (χ1) is 14.0. The molecular formula is C22H24ClFN2O3+2. The molecule has 0 unspecified atom stereocenters. The fourth-order valence-electron chi connectivity index (χ4n) is 3.98. The van der Waals surface area contributed by atoms with Crippen LogP contribution in [0.25, 0.3) is 6.08 Å². The van der Waals surface area contributed by atoms with E-state index in [1.165, 1.54) is 29.2 Å². The number of hydrogen-bond acceptors (Lipinski definition) is 3. The highest BCUT2D eigenvalue weighted by Crippen LogP contribution is 2.39. The number of halogens is 2. The Kier molecular flexibility index (Phi) is 5.58. The van der Waals surface area contributed by atoms with E-state index in [2.05, 4.69) is 6.92 Å². The van der Waals surface area contributed by atoms with Crippen LogP contribution in [0.1, 0.15) is 28.4 Å². The molecule has 1 fully saturated rings. The molecule has 2 aliphatic heterocycles. The molecule has 29 heavy (non-hydrogen) atoms. The molecule has 0 amide bonds. The molecule has 0 radical (unpaired) electrons. The summed E-state index contributed by atoms with van der Waals surface area (Å²) >= 11 is 6.08. The standard InChI is InChI=1S/C22H22ClFN2O3/c1-2-25-8-10-26(11-9-25)13-16-19(27)7-6-14-21(28)20(29-22(14)16)12-15-17(23)4-3-5-18(15)24/h3-7,12,27H,2,8-11,13H2,1H3/p+2/b20-12-. The van der Waals surface area contributed by atoms with Gasteiger partial charge in [-0.05, 0) is 37.3 Å². The summed E-state index contributed by atoms with van der Waals surface area (Å²) < 4.78 is 20.0. The Morgan fingerprint density at radius 1 is 1.17 bits per heavy atom. The lowest BCUT2D eigenvalue weighted by Gasteiger charge is -2.29. The third kappa shape index (κ3) is 3.88. The van der Waals surface area contributed by atoms with Crippen LogP contribution >= 0.6 is 11.6 Å². The molecule has 7 heteroatoms. The first kappa shape index (κ1) is 19.9. The first-order valence-electron chi connectivity index (χ1n) is 9.88. The van der Waals surface area contributed by atoms with Crippen molar-refractivity contribution in [3.63, 3.8) is 0 Å². The lowest BCUT2D eigenvalue weighted by Crippen LogP contribution is -3.27. The number of likely N-dealkylation sites (N-methyl/N-ethyl adjacent to an activating group) is 1. The Morgan fingerprint density at radius 3 is 2.59 bits per heavy atom. The minimum Gasteiger partial charge on any atom is -0.507 e. The van der Waals surface area contributed by atoms with E-state index in [0.29, 0.717) is 23.4 Å². The van der Waals surface area contributed by atoms with Crippen LogP contribution < -0.4 is 14.5 Å². The van der Waals surface area contributed by atoms with E-state index in [1.54, 1.807) is 17.0 Å². The molecular weight excluding hydrogens is 395 g/mol. The van der Waals surface area contributed by atoms with Gasteiger partial charge in [-0.15, -0.1) is 0 Å². The number of phenols is 1. The van der Waals surface area contributed by atoms with Crippen LogP contribution in [0.15, 0.2) is 36.1 Å². The van der Waals surface area contributed by atoms with Crippen molar-refractivity contribution in [3.8, 4) is 11.5 Å². The number of ether oxygens (including phenoxy) is 1. The largest absolute Gasteiger partial charge is 0.507 e. The number of ketones is 1. The minimum atomic E-state index is -0.527. The van der Waals surface area contributed by atoms with Crippen LogP contribution in [0.3, 0.4) is 0 Å². The monoisotopic (exact) mass is 418 g/mol. The van der Waals surface area contributed by atoms with Crippen LogP contribution in [0.2, 0.25) is 5.02 Å². The van der Waals surface area contributed by atoms with E-state index < -0.39 is 5.82 Å². The number of benzene rings is 2. The number of nitrogens with one attached hydrogen (secondary N) is 2. The van der Waals surface area contributed by atoms with Gasteiger partial charge in [-0.1, -0.05) is 17.7 Å². The molecule has 2 heterocycles. The van der Waals surface area contributed by atoms with Gasteiger partial charge in [-0.3, -0.25) is 4.79 Å². The normalized spacial score (nSPS) is 22.6. The number of aromatic hydroxyl groups is 1. The smallest absolute Gasteiger partial charge is 0.231 e. The van der Waals surface area contributed by atoms with Gasteiger partial charge in [0.2, 0.25) is 5.78 Å². The maximum atomic E-state index is 14.1. The minimum absolute atomic E-state index is 0.00842. The molecule has 152 valence electrons. The Labute approximate surface area is 173 Å². The summed E-state index contributed by atoms with van der Waals surface area (Å²) in [5.74, 6) is -0.378. The number of fused-ring (bicyclic) bond motifs is 1. The number of Topliss-reactive ketones (excluding diaryl/α,β-unsaturated/α-hetero) is 1. The van der Waals surface area contributed by atoms with Gasteiger partial charge in [0.15, 0.2) is 11.5 Å². The van der Waals surface area contributed by atoms with Crippen molar-refractivity contribution < 1.29 is 28.8 Å². The van der Waals surface area contributed by atoms with Crippen molar-refractivity contribution in [2.24, 2.45) is 0 Å². The molecule has 1 saturated heterocycles. The molecule has 0 atom stereocenters. The van der Waals surface area contributed by atoms with Crippen molar-refractivity contribution >= 4 is 23.5 Å². The predicted molar refractivity (Wildman–Crippen MR) is 108 cm³/mol. The van der Waals surface area contributed by atoms with Gasteiger partial charge in [-0.25, -0.2) is 4.39 Å². The number of carbonyl (C=O) groups is 1. The van der Waals surface area contributed by atoms with Crippen LogP contribution in [-0.2, 0) is 6.54 Å². The molecule has 0 bridgehead atoms. The second-order valence-corrected chi connectivity index (χ2v) is 7.95. The lowest BCUT2D eigenvalue weighted by molar-refractivity contribution is -1.02. The summed E-state index contributed by atoms with van der Waals surface area (Å²) in [5.41, 5.74) is 1.11. The maximum Gasteiger partial charge on any atom is 0.231 e. The number of carbonyl (C=O) groups excluding carboxylic acids is 1. The van der Waals surface area contributed by atoms with Crippen molar-refractivity contribution in [1.29, 1.82) is 0 Å². The molecule has 0 spiro atoms. The van der Waals surface area contributed by atoms with Gasteiger partial charge in [0.25, 0.3) is 0 Å². The number of allylic oxidation sites excluding steroid dienone is 1. The van der Waals surface area contributed by atoms with E-state index in [0.717, 1.165) is 32.7 Å². The van der Waals surface area contributed by atoms with Crippen LogP contribution in [0.5, 0.6) is 11.5 Å². The SMILES string of the molecule is CC[NH+]1CC[NH+](Cc2c(O)ccc3c2O/C(=C\c2c(F)cccc2Cl)C3=O)CC1. The van der Waals surface area contributed by atoms with Crippen LogP contribution in [0, 0.1) is 5.82 Å². The number of quaternary nitrogens is 2. The molecule has 2 aromatic rings. The van der Waals surface area contributed by atoms with Gasteiger partial charge < -0.3 is 19.6 Å². The number of piperazine rings is 1. The van der Waals surface area contributed by atoms with Crippen LogP contribution in [0.4, 0.5) is 4.39 Å². The van der Waals surface area contributed by atoms with E-state index in [9.17, 15) is 14.3 Å². The maximum absolute atomic E-state index is 14.1. The average Bonchev–Trinajstić information content (AvgIpc) is 3.03. The quantitative estimate of drug-likeness (QED) is 0.652. The average molecular weight is 419 g/mol. The molecule has 5 nitrogen and oxygen atoms in total. The fraction of sp³-hybridized carbons (Fsp3) is 0.318. The molecule has 4 rings (SSSR count). The zero-order valence-corrected chi connectivity index (χ0v) is 17.0. The molecule has 2 aromatic carbocycles. The Hall–Kier alpha value is -2.41. The number of phenolic OH excluding ortho intramolecular Hbond substituents is 1. The van der Waals surface area contributed by atoms with Crippen molar-refractivity contribution in [2.45, 2.75) is 13.5 Å². The Bertz CT molecular complexity index is 964. The van der Waals surface area contributed by atoms with Crippen LogP contribution in [-0.4, -0.2) is 43.6 Å². The zero-order valence-electron chi connectivity index (χ0n) is 16.2. The summed E-state index contributed by atoms with van der Waals surface area (Å²) in [6.07, 6.45) is 1.33. The number of hydrogen-bond donors (Lipinski definition) is 3. The Morgan fingerprint density at radius 2 is 1.90 bits per heavy atom. The van der Waals surface area contributed by atoms with Gasteiger partial charge >= 0.3 is 0 Å². The van der Waals surface area contributed by atoms with Crippen molar-refractivity contribution in [1.82, 2.24) is 0 Å². The summed E-state index contributed by atoms with van der Waals surface area (Å²) in [6.45, 7) is 8.03. The first-order valence-corrected chi connectivity index (χ1v) is 10.3.